The molecule has 0 aromatic heterocycles. The molecule has 5 rings (SSSR count). The van der Waals surface area contributed by atoms with Gasteiger partial charge in [0.15, 0.2) is 0 Å². The van der Waals surface area contributed by atoms with Crippen LogP contribution in [-0.2, 0) is 14.0 Å². The van der Waals surface area contributed by atoms with Crippen LogP contribution in [0, 0.1) is 0 Å². The van der Waals surface area contributed by atoms with Gasteiger partial charge < -0.3 is 18.5 Å². The summed E-state index contributed by atoms with van der Waals surface area (Å²) < 4.78 is 34.3. The van der Waals surface area contributed by atoms with Crippen molar-refractivity contribution >= 4 is 36.8 Å². The molecule has 2 aliphatic rings. The Morgan fingerprint density at radius 1 is 0.562 bits per heavy atom. The van der Waals surface area contributed by atoms with Gasteiger partial charge in [-0.2, -0.15) is 0 Å². The minimum atomic E-state index is -4.11. The molecule has 158 valence electrons. The summed E-state index contributed by atoms with van der Waals surface area (Å²) in [6.45, 7) is 0. The molecule has 0 spiro atoms. The molecule has 0 aliphatic carbocycles. The van der Waals surface area contributed by atoms with Gasteiger partial charge in [0.05, 0.1) is 27.6 Å². The first-order valence-electron chi connectivity index (χ1n) is 9.20. The third kappa shape index (κ3) is 3.25. The van der Waals surface area contributed by atoms with E-state index in [1.54, 1.807) is 18.2 Å². The lowest BCUT2D eigenvalue weighted by Gasteiger charge is -2.20. The van der Waals surface area contributed by atoms with Crippen LogP contribution >= 0.6 is 7.60 Å². The zero-order valence-corrected chi connectivity index (χ0v) is 16.9. The second-order valence-electron chi connectivity index (χ2n) is 6.78. The Kier molecular flexibility index (Phi) is 4.42. The molecule has 3 aromatic carbocycles. The summed E-state index contributed by atoms with van der Waals surface area (Å²) in [5.74, 6) is -3.24. The number of hydrogen-bond acceptors (Lipinski definition) is 9. The lowest BCUT2D eigenvalue weighted by molar-refractivity contribution is 0.0425. The number of esters is 4. The molecule has 3 aromatic rings. The first kappa shape index (κ1) is 19.7. The number of cyclic esters (lactones) is 4. The Balaban J connectivity index is 1.53. The highest BCUT2D eigenvalue weighted by Gasteiger charge is 2.36. The van der Waals surface area contributed by atoms with Crippen LogP contribution in [0.25, 0.3) is 0 Å². The van der Waals surface area contributed by atoms with E-state index in [1.165, 1.54) is 48.5 Å². The summed E-state index contributed by atoms with van der Waals surface area (Å²) in [4.78, 5) is 47.0. The SMILES string of the molecule is O=C1OC(=O)c2cc(OP(=O)(Oc3ccc4c(c3)C(=O)OC4=O)c3ccccc3)ccc21. The monoisotopic (exact) mass is 450 g/mol. The molecular formula is C22H11O9P. The zero-order valence-electron chi connectivity index (χ0n) is 16.0. The molecule has 0 bridgehead atoms. The van der Waals surface area contributed by atoms with Crippen LogP contribution in [0.5, 0.6) is 11.5 Å². The van der Waals surface area contributed by atoms with Crippen molar-refractivity contribution < 1.29 is 42.3 Å². The van der Waals surface area contributed by atoms with Crippen molar-refractivity contribution in [3.05, 3.63) is 89.0 Å². The van der Waals surface area contributed by atoms with E-state index in [0.717, 1.165) is 0 Å². The van der Waals surface area contributed by atoms with Crippen LogP contribution in [0.1, 0.15) is 41.4 Å². The van der Waals surface area contributed by atoms with Crippen molar-refractivity contribution in [2.75, 3.05) is 0 Å². The molecule has 0 fully saturated rings. The first-order valence-corrected chi connectivity index (χ1v) is 10.7. The van der Waals surface area contributed by atoms with Crippen LogP contribution < -0.4 is 14.4 Å². The smallest absolute Gasteiger partial charge is 0.413 e. The lowest BCUT2D eigenvalue weighted by atomic mass is 10.1. The molecule has 9 nitrogen and oxygen atoms in total. The van der Waals surface area contributed by atoms with E-state index in [4.69, 9.17) is 9.05 Å². The maximum Gasteiger partial charge on any atom is 0.462 e. The fourth-order valence-corrected chi connectivity index (χ4v) is 4.82. The van der Waals surface area contributed by atoms with Gasteiger partial charge in [-0.15, -0.1) is 0 Å². The highest BCUT2D eigenvalue weighted by Crippen LogP contribution is 2.48. The number of fused-ring (bicyclic) bond motifs is 2. The molecule has 0 amide bonds. The predicted octanol–water partition coefficient (Wildman–Crippen LogP) is 3.28. The van der Waals surface area contributed by atoms with Crippen molar-refractivity contribution in [2.45, 2.75) is 0 Å². The molecule has 0 unspecified atom stereocenters. The maximum atomic E-state index is 13.8. The number of benzene rings is 3. The number of carbonyl (C=O) groups is 4. The van der Waals surface area contributed by atoms with Gasteiger partial charge in [0, 0.05) is 0 Å². The molecule has 2 aliphatic heterocycles. The molecule has 32 heavy (non-hydrogen) atoms. The van der Waals surface area contributed by atoms with Crippen LogP contribution in [0.15, 0.2) is 66.7 Å². The van der Waals surface area contributed by atoms with Gasteiger partial charge in [-0.1, -0.05) is 18.2 Å². The van der Waals surface area contributed by atoms with E-state index < -0.39 is 31.5 Å². The van der Waals surface area contributed by atoms with E-state index >= 15 is 0 Å². The minimum absolute atomic E-state index is 0.00154. The number of rotatable bonds is 5. The summed E-state index contributed by atoms with van der Waals surface area (Å²) in [6.07, 6.45) is 0. The van der Waals surface area contributed by atoms with Crippen LogP contribution in [0.3, 0.4) is 0 Å². The summed E-state index contributed by atoms with van der Waals surface area (Å²) in [7, 11) is -4.11. The third-order valence-electron chi connectivity index (χ3n) is 4.76. The van der Waals surface area contributed by atoms with E-state index in [0.29, 0.717) is 0 Å². The first-order chi connectivity index (χ1) is 15.3. The summed E-state index contributed by atoms with van der Waals surface area (Å²) in [5.41, 5.74) is 0.0935. The Hall–Kier alpha value is -4.23. The summed E-state index contributed by atoms with van der Waals surface area (Å²) >= 11 is 0. The molecule has 0 radical (unpaired) electrons. The van der Waals surface area contributed by atoms with Crippen LogP contribution in [-0.4, -0.2) is 23.9 Å². The van der Waals surface area contributed by atoms with Crippen molar-refractivity contribution in [3.63, 3.8) is 0 Å². The zero-order chi connectivity index (χ0) is 22.5. The van der Waals surface area contributed by atoms with Gasteiger partial charge >= 0.3 is 31.5 Å². The quantitative estimate of drug-likeness (QED) is 0.327. The normalized spacial score (nSPS) is 14.5. The van der Waals surface area contributed by atoms with Crippen molar-refractivity contribution in [1.29, 1.82) is 0 Å². The Morgan fingerprint density at radius 2 is 1.00 bits per heavy atom. The Morgan fingerprint density at radius 3 is 1.47 bits per heavy atom. The number of hydrogen-bond donors (Lipinski definition) is 0. The Bertz CT molecular complexity index is 1290. The second kappa shape index (κ2) is 7.18. The highest BCUT2D eigenvalue weighted by atomic mass is 31.2. The highest BCUT2D eigenvalue weighted by molar-refractivity contribution is 7.63. The molecule has 2 heterocycles. The molecule has 0 saturated carbocycles. The second-order valence-corrected chi connectivity index (χ2v) is 8.66. The predicted molar refractivity (Wildman–Crippen MR) is 107 cm³/mol. The largest absolute Gasteiger partial charge is 0.462 e. The fraction of sp³-hybridized carbons (Fsp3) is 0. The van der Waals surface area contributed by atoms with Gasteiger partial charge in [0.2, 0.25) is 0 Å². The molecular weight excluding hydrogens is 439 g/mol. The van der Waals surface area contributed by atoms with E-state index in [2.05, 4.69) is 9.47 Å². The molecule has 0 N–H and O–H groups in total. The maximum absolute atomic E-state index is 13.8. The van der Waals surface area contributed by atoms with Crippen LogP contribution in [0.4, 0.5) is 0 Å². The fourth-order valence-electron chi connectivity index (χ4n) is 3.25. The van der Waals surface area contributed by atoms with Crippen molar-refractivity contribution in [3.8, 4) is 11.5 Å². The summed E-state index contributed by atoms with van der Waals surface area (Å²) in [5, 5.41) is 0.193. The lowest BCUT2D eigenvalue weighted by Crippen LogP contribution is -2.15. The average Bonchev–Trinajstić information content (AvgIpc) is 3.22. The van der Waals surface area contributed by atoms with Gasteiger partial charge in [0.1, 0.15) is 11.5 Å². The summed E-state index contributed by atoms with van der Waals surface area (Å²) in [6, 6.07) is 15.9. The van der Waals surface area contributed by atoms with Gasteiger partial charge in [0.25, 0.3) is 0 Å². The van der Waals surface area contributed by atoms with E-state index in [9.17, 15) is 23.7 Å². The van der Waals surface area contributed by atoms with Crippen molar-refractivity contribution in [2.24, 2.45) is 0 Å². The molecule has 0 saturated heterocycles. The topological polar surface area (TPSA) is 122 Å². The molecule has 0 atom stereocenters. The Labute approximate surface area is 180 Å². The van der Waals surface area contributed by atoms with Gasteiger partial charge in [-0.3, -0.25) is 0 Å². The minimum Gasteiger partial charge on any atom is -0.413 e. The van der Waals surface area contributed by atoms with Gasteiger partial charge in [-0.25, -0.2) is 23.7 Å². The number of ether oxygens (including phenoxy) is 2. The molecule has 10 heteroatoms. The van der Waals surface area contributed by atoms with E-state index in [1.807, 2.05) is 0 Å². The van der Waals surface area contributed by atoms with E-state index in [-0.39, 0.29) is 39.1 Å². The average molecular weight is 450 g/mol. The number of carbonyl (C=O) groups excluding carboxylic acids is 4. The van der Waals surface area contributed by atoms with Crippen LogP contribution in [0.2, 0.25) is 0 Å². The third-order valence-corrected chi connectivity index (χ3v) is 6.59. The standard InChI is InChI=1S/C22H11O9P/c23-19-15-8-6-12(10-17(15)21(25)28-19)30-32(27,14-4-2-1-3-5-14)31-13-7-9-16-18(11-13)22(26)29-20(16)24/h1-11H. The van der Waals surface area contributed by atoms with Gasteiger partial charge in [-0.05, 0) is 48.5 Å². The van der Waals surface area contributed by atoms with Crippen molar-refractivity contribution in [1.82, 2.24) is 0 Å².